The van der Waals surface area contributed by atoms with Crippen molar-refractivity contribution in [3.63, 3.8) is 0 Å². The van der Waals surface area contributed by atoms with Crippen molar-refractivity contribution in [2.24, 2.45) is 0 Å². The lowest BCUT2D eigenvalue weighted by Crippen LogP contribution is -2.48. The number of furan rings is 1. The van der Waals surface area contributed by atoms with Crippen LogP contribution in [0.3, 0.4) is 0 Å². The van der Waals surface area contributed by atoms with Gasteiger partial charge in [-0.05, 0) is 35.4 Å². The summed E-state index contributed by atoms with van der Waals surface area (Å²) in [5, 5.41) is 5.78. The van der Waals surface area contributed by atoms with Gasteiger partial charge in [0.1, 0.15) is 0 Å². The first-order valence-corrected chi connectivity index (χ1v) is 12.6. The highest BCUT2D eigenvalue weighted by Gasteiger charge is 2.47. The summed E-state index contributed by atoms with van der Waals surface area (Å²) in [6.07, 6.45) is -0.000305. The Hall–Kier alpha value is -4.15. The van der Waals surface area contributed by atoms with Gasteiger partial charge < -0.3 is 24.5 Å². The zero-order chi connectivity index (χ0) is 26.3. The lowest BCUT2D eigenvalue weighted by Gasteiger charge is -2.28. The molecule has 10 nitrogen and oxygen atoms in total. The molecule has 0 unspecified atom stereocenters. The molecule has 1 aromatic heterocycles. The summed E-state index contributed by atoms with van der Waals surface area (Å²) in [7, 11) is 0. The number of rotatable bonds is 9. The zero-order valence-corrected chi connectivity index (χ0v) is 20.9. The van der Waals surface area contributed by atoms with E-state index in [1.807, 2.05) is 30.3 Å². The smallest absolute Gasteiger partial charge is 0.411 e. The number of benzene rings is 2. The molecule has 0 aliphatic carbocycles. The van der Waals surface area contributed by atoms with E-state index in [-0.39, 0.29) is 18.2 Å². The number of hydrogen-bond donors (Lipinski definition) is 2. The summed E-state index contributed by atoms with van der Waals surface area (Å²) in [6, 6.07) is 18.7. The molecule has 2 atom stereocenters. The molecular formula is C28H30N4O6. The zero-order valence-electron chi connectivity index (χ0n) is 20.9. The quantitative estimate of drug-likeness (QED) is 0.448. The molecule has 2 aromatic carbocycles. The van der Waals surface area contributed by atoms with E-state index in [1.165, 1.54) is 11.2 Å². The van der Waals surface area contributed by atoms with Crippen LogP contribution in [0.2, 0.25) is 0 Å². The highest BCUT2D eigenvalue weighted by Crippen LogP contribution is 2.35. The van der Waals surface area contributed by atoms with Crippen LogP contribution >= 0.6 is 0 Å². The first-order chi connectivity index (χ1) is 18.6. The predicted molar refractivity (Wildman–Crippen MR) is 138 cm³/mol. The second-order valence-electron chi connectivity index (χ2n) is 9.16. The average Bonchev–Trinajstić information content (AvgIpc) is 3.59. The maximum absolute atomic E-state index is 13.5. The van der Waals surface area contributed by atoms with E-state index < -0.39 is 24.1 Å². The van der Waals surface area contributed by atoms with Crippen LogP contribution in [0.4, 0.5) is 10.5 Å². The summed E-state index contributed by atoms with van der Waals surface area (Å²) in [6.45, 7) is 4.35. The molecule has 0 spiro atoms. The lowest BCUT2D eigenvalue weighted by molar-refractivity contribution is -0.126. The maximum Gasteiger partial charge on any atom is 0.411 e. The molecule has 2 saturated heterocycles. The number of hydrogen-bond acceptors (Lipinski definition) is 7. The van der Waals surface area contributed by atoms with Crippen LogP contribution in [0, 0.1) is 0 Å². The molecule has 3 heterocycles. The third kappa shape index (κ3) is 6.04. The van der Waals surface area contributed by atoms with Gasteiger partial charge >= 0.3 is 6.09 Å². The number of amides is 3. The normalized spacial score (nSPS) is 19.7. The highest BCUT2D eigenvalue weighted by molar-refractivity contribution is 6.02. The number of carbonyl (C=O) groups is 3. The minimum atomic E-state index is -0.886. The molecule has 3 amide bonds. The molecule has 198 valence electrons. The second-order valence-corrected chi connectivity index (χ2v) is 9.16. The Balaban J connectivity index is 1.34. The van der Waals surface area contributed by atoms with Gasteiger partial charge in [0.2, 0.25) is 5.91 Å². The summed E-state index contributed by atoms with van der Waals surface area (Å²) < 4.78 is 16.3. The summed E-state index contributed by atoms with van der Waals surface area (Å²) >= 11 is 0. The van der Waals surface area contributed by atoms with E-state index in [4.69, 9.17) is 13.9 Å². The average molecular weight is 519 g/mol. The van der Waals surface area contributed by atoms with Crippen LogP contribution in [-0.4, -0.2) is 73.1 Å². The Kier molecular flexibility index (Phi) is 8.01. The van der Waals surface area contributed by atoms with Crippen LogP contribution in [0.5, 0.6) is 0 Å². The van der Waals surface area contributed by atoms with Crippen LogP contribution in [0.25, 0.3) is 0 Å². The van der Waals surface area contributed by atoms with E-state index in [2.05, 4.69) is 15.5 Å². The monoisotopic (exact) mass is 518 g/mol. The van der Waals surface area contributed by atoms with Crippen LogP contribution in [0.1, 0.15) is 27.8 Å². The van der Waals surface area contributed by atoms with Crippen molar-refractivity contribution in [1.29, 1.82) is 0 Å². The molecular weight excluding hydrogens is 488 g/mol. The van der Waals surface area contributed by atoms with Gasteiger partial charge in [0.25, 0.3) is 5.91 Å². The number of anilines is 1. The fraction of sp³-hybridized carbons (Fsp3) is 0.321. The van der Waals surface area contributed by atoms with E-state index >= 15 is 0 Å². The molecule has 10 heteroatoms. The Morgan fingerprint density at radius 2 is 1.79 bits per heavy atom. The number of morpholine rings is 1. The molecule has 0 radical (unpaired) electrons. The summed E-state index contributed by atoms with van der Waals surface area (Å²) in [5.41, 5.74) is 1.98. The maximum atomic E-state index is 13.5. The molecule has 5 rings (SSSR count). The van der Waals surface area contributed by atoms with Gasteiger partial charge in [-0.3, -0.25) is 19.4 Å². The van der Waals surface area contributed by atoms with E-state index in [0.29, 0.717) is 37.6 Å². The number of nitrogens with one attached hydrogen (secondary N) is 2. The van der Waals surface area contributed by atoms with Crippen molar-refractivity contribution in [3.8, 4) is 0 Å². The Labute approximate surface area is 220 Å². The summed E-state index contributed by atoms with van der Waals surface area (Å²) in [5.74, 6) is -0.525. The molecule has 38 heavy (non-hydrogen) atoms. The number of cyclic esters (lactones) is 1. The van der Waals surface area contributed by atoms with E-state index in [1.54, 1.807) is 36.4 Å². The highest BCUT2D eigenvalue weighted by atomic mass is 16.6. The van der Waals surface area contributed by atoms with Crippen LogP contribution in [-0.2, 0) is 20.8 Å². The Bertz CT molecular complexity index is 1240. The van der Waals surface area contributed by atoms with Gasteiger partial charge in [-0.1, -0.05) is 42.5 Å². The van der Waals surface area contributed by atoms with Gasteiger partial charge in [0.05, 0.1) is 26.0 Å². The van der Waals surface area contributed by atoms with E-state index in [0.717, 1.165) is 18.7 Å². The van der Waals surface area contributed by atoms with Crippen LogP contribution in [0.15, 0.2) is 77.4 Å². The van der Waals surface area contributed by atoms with Crippen molar-refractivity contribution in [2.75, 3.05) is 44.7 Å². The second kappa shape index (κ2) is 11.9. The minimum absolute atomic E-state index is 0.175. The van der Waals surface area contributed by atoms with Gasteiger partial charge in [-0.25, -0.2) is 4.79 Å². The lowest BCUT2D eigenvalue weighted by atomic mass is 10.00. The fourth-order valence-electron chi connectivity index (χ4n) is 4.65. The molecule has 3 aromatic rings. The SMILES string of the molecule is O=C(Nc1cccc([C@H]2OC(=O)N(Cc3ccccc3)[C@H]2C(=O)NCCN2CCOCC2)c1)c1ccco1. The van der Waals surface area contributed by atoms with Gasteiger partial charge in [-0.15, -0.1) is 0 Å². The van der Waals surface area contributed by atoms with Crippen LogP contribution < -0.4 is 10.6 Å². The number of carbonyl (C=O) groups excluding carboxylic acids is 3. The van der Waals surface area contributed by atoms with Crippen molar-refractivity contribution in [2.45, 2.75) is 18.7 Å². The van der Waals surface area contributed by atoms with E-state index in [9.17, 15) is 14.4 Å². The third-order valence-corrected chi connectivity index (χ3v) is 6.60. The van der Waals surface area contributed by atoms with Crippen molar-refractivity contribution < 1.29 is 28.3 Å². The molecule has 2 fully saturated rings. The first-order valence-electron chi connectivity index (χ1n) is 12.6. The fourth-order valence-corrected chi connectivity index (χ4v) is 4.65. The minimum Gasteiger partial charge on any atom is -0.459 e. The molecule has 2 aliphatic heterocycles. The molecule has 0 bridgehead atoms. The van der Waals surface area contributed by atoms with Gasteiger partial charge in [0.15, 0.2) is 17.9 Å². The third-order valence-electron chi connectivity index (χ3n) is 6.60. The molecule has 2 aliphatic rings. The van der Waals surface area contributed by atoms with Crippen molar-refractivity contribution in [1.82, 2.24) is 15.1 Å². The predicted octanol–water partition coefficient (Wildman–Crippen LogP) is 3.04. The molecule has 2 N–H and O–H groups in total. The standard InChI is InChI=1S/C28H30N4O6/c33-26(23-10-5-15-37-23)30-22-9-4-8-21(18-22)25-24(27(34)29-11-12-31-13-16-36-17-14-31)32(28(35)38-25)19-20-6-2-1-3-7-20/h1-10,15,18,24-25H,11-14,16-17,19H2,(H,29,34)(H,30,33)/t24-,25-/m1/s1. The molecule has 0 saturated carbocycles. The number of ether oxygens (including phenoxy) is 2. The van der Waals surface area contributed by atoms with Gasteiger partial charge in [0, 0.05) is 31.9 Å². The Morgan fingerprint density at radius 3 is 2.55 bits per heavy atom. The van der Waals surface area contributed by atoms with Crippen molar-refractivity contribution in [3.05, 3.63) is 89.9 Å². The number of nitrogens with zero attached hydrogens (tertiary/aromatic N) is 2. The largest absolute Gasteiger partial charge is 0.459 e. The van der Waals surface area contributed by atoms with Gasteiger partial charge in [-0.2, -0.15) is 0 Å². The summed E-state index contributed by atoms with van der Waals surface area (Å²) in [4.78, 5) is 42.7. The first kappa shape index (κ1) is 25.5. The van der Waals surface area contributed by atoms with Crippen molar-refractivity contribution >= 4 is 23.6 Å². The Morgan fingerprint density at radius 1 is 0.974 bits per heavy atom. The topological polar surface area (TPSA) is 113 Å².